The van der Waals surface area contributed by atoms with E-state index in [0.29, 0.717) is 17.9 Å². The summed E-state index contributed by atoms with van der Waals surface area (Å²) in [4.78, 5) is 11.3. The fourth-order valence-corrected chi connectivity index (χ4v) is 2.26. The minimum atomic E-state index is -1.30. The monoisotopic (exact) mass is 286 g/mol. The Kier molecular flexibility index (Phi) is 3.16. The maximum Gasteiger partial charge on any atom is 0.339 e. The first-order valence-corrected chi connectivity index (χ1v) is 5.64. The van der Waals surface area contributed by atoms with E-state index in [1.54, 1.807) is 6.07 Å². The molecule has 1 N–H and O–H groups in total. The van der Waals surface area contributed by atoms with E-state index in [9.17, 15) is 9.90 Å². The van der Waals surface area contributed by atoms with Crippen molar-refractivity contribution < 1.29 is 19.4 Å². The van der Waals surface area contributed by atoms with Gasteiger partial charge in [0.1, 0.15) is 5.75 Å². The number of halogens is 1. The van der Waals surface area contributed by atoms with Crippen LogP contribution in [0.1, 0.15) is 17.2 Å². The molecule has 2 rings (SSSR count). The minimum absolute atomic E-state index is 0.453. The Labute approximate surface area is 101 Å². The molecule has 1 aromatic carbocycles. The van der Waals surface area contributed by atoms with Crippen LogP contribution >= 0.6 is 15.9 Å². The smallest absolute Gasteiger partial charge is 0.339 e. The molecule has 0 saturated carbocycles. The average Bonchev–Trinajstić information content (AvgIpc) is 2.73. The molecule has 1 unspecified atom stereocenters. The highest BCUT2D eigenvalue weighted by molar-refractivity contribution is 9.10. The molecule has 1 aliphatic heterocycles. The van der Waals surface area contributed by atoms with Crippen LogP contribution in [0.25, 0.3) is 0 Å². The summed E-state index contributed by atoms with van der Waals surface area (Å²) in [5.41, 5.74) is 1.45. The standard InChI is InChI=1S/C11H11BrO4/c1-15-11(14)9(13)8-5-7(12)4-6-2-3-16-10(6)8/h4-5,9,13H,2-3H2,1H3. The number of rotatable bonds is 2. The molecule has 4 nitrogen and oxygen atoms in total. The maximum absolute atomic E-state index is 11.3. The highest BCUT2D eigenvalue weighted by Crippen LogP contribution is 2.36. The predicted octanol–water partition coefficient (Wildman–Crippen LogP) is 1.59. The number of benzene rings is 1. The Balaban J connectivity index is 2.44. The van der Waals surface area contributed by atoms with Crippen LogP contribution in [0, 0.1) is 0 Å². The van der Waals surface area contributed by atoms with E-state index < -0.39 is 12.1 Å². The topological polar surface area (TPSA) is 55.8 Å². The van der Waals surface area contributed by atoms with E-state index in [0.717, 1.165) is 16.5 Å². The van der Waals surface area contributed by atoms with E-state index in [4.69, 9.17) is 4.74 Å². The van der Waals surface area contributed by atoms with Gasteiger partial charge in [0.05, 0.1) is 13.7 Å². The lowest BCUT2D eigenvalue weighted by Gasteiger charge is -2.13. The Bertz CT molecular complexity index is 430. The molecule has 1 aliphatic rings. The first kappa shape index (κ1) is 11.4. The SMILES string of the molecule is COC(=O)C(O)c1cc(Br)cc2c1OCC2. The van der Waals surface area contributed by atoms with Crippen LogP contribution in [0.5, 0.6) is 5.75 Å². The van der Waals surface area contributed by atoms with Crippen molar-refractivity contribution in [1.82, 2.24) is 0 Å². The van der Waals surface area contributed by atoms with Crippen molar-refractivity contribution in [2.75, 3.05) is 13.7 Å². The molecule has 0 fully saturated rings. The molecule has 0 saturated heterocycles. The van der Waals surface area contributed by atoms with Gasteiger partial charge in [0.25, 0.3) is 0 Å². The van der Waals surface area contributed by atoms with Crippen molar-refractivity contribution in [1.29, 1.82) is 0 Å². The van der Waals surface area contributed by atoms with Crippen molar-refractivity contribution in [2.24, 2.45) is 0 Å². The van der Waals surface area contributed by atoms with E-state index in [2.05, 4.69) is 20.7 Å². The van der Waals surface area contributed by atoms with Gasteiger partial charge in [-0.1, -0.05) is 15.9 Å². The lowest BCUT2D eigenvalue weighted by molar-refractivity contribution is -0.150. The number of ether oxygens (including phenoxy) is 2. The first-order chi connectivity index (χ1) is 7.63. The summed E-state index contributed by atoms with van der Waals surface area (Å²) in [5.74, 6) is -0.0862. The number of carbonyl (C=O) groups is 1. The van der Waals surface area contributed by atoms with Gasteiger partial charge in [0.2, 0.25) is 0 Å². The summed E-state index contributed by atoms with van der Waals surface area (Å²) < 4.78 is 10.7. The fourth-order valence-electron chi connectivity index (χ4n) is 1.74. The Morgan fingerprint density at radius 3 is 3.06 bits per heavy atom. The molecule has 1 heterocycles. The zero-order chi connectivity index (χ0) is 11.7. The van der Waals surface area contributed by atoms with Gasteiger partial charge in [-0.05, 0) is 17.7 Å². The van der Waals surface area contributed by atoms with Gasteiger partial charge in [0, 0.05) is 16.5 Å². The molecule has 1 aromatic rings. The summed E-state index contributed by atoms with van der Waals surface area (Å²) in [6.45, 7) is 0.576. The number of methoxy groups -OCH3 is 1. The quantitative estimate of drug-likeness (QED) is 0.839. The van der Waals surface area contributed by atoms with E-state index in [-0.39, 0.29) is 0 Å². The van der Waals surface area contributed by atoms with Crippen LogP contribution in [0.4, 0.5) is 0 Å². The van der Waals surface area contributed by atoms with Gasteiger partial charge in [-0.25, -0.2) is 4.79 Å². The first-order valence-electron chi connectivity index (χ1n) is 4.84. The number of esters is 1. The molecular formula is C11H11BrO4. The molecule has 16 heavy (non-hydrogen) atoms. The van der Waals surface area contributed by atoms with E-state index in [1.165, 1.54) is 7.11 Å². The van der Waals surface area contributed by atoms with Crippen molar-refractivity contribution >= 4 is 21.9 Å². The van der Waals surface area contributed by atoms with Gasteiger partial charge in [-0.15, -0.1) is 0 Å². The number of hydrogen-bond acceptors (Lipinski definition) is 4. The second kappa shape index (κ2) is 4.43. The fraction of sp³-hybridized carbons (Fsp3) is 0.364. The molecule has 0 radical (unpaired) electrons. The number of aliphatic hydroxyl groups excluding tert-OH is 1. The van der Waals surface area contributed by atoms with Crippen LogP contribution in [-0.4, -0.2) is 24.8 Å². The van der Waals surface area contributed by atoms with E-state index in [1.807, 2.05) is 6.07 Å². The van der Waals surface area contributed by atoms with Crippen molar-refractivity contribution in [3.05, 3.63) is 27.7 Å². The minimum Gasteiger partial charge on any atom is -0.493 e. The zero-order valence-electron chi connectivity index (χ0n) is 8.70. The third kappa shape index (κ3) is 1.92. The van der Waals surface area contributed by atoms with Crippen molar-refractivity contribution in [2.45, 2.75) is 12.5 Å². The summed E-state index contributed by atoms with van der Waals surface area (Å²) in [6, 6.07) is 3.60. The van der Waals surface area contributed by atoms with Gasteiger partial charge in [-0.3, -0.25) is 0 Å². The molecule has 0 spiro atoms. The predicted molar refractivity (Wildman–Crippen MR) is 60.3 cm³/mol. The molecule has 5 heteroatoms. The lowest BCUT2D eigenvalue weighted by Crippen LogP contribution is -2.14. The zero-order valence-corrected chi connectivity index (χ0v) is 10.3. The number of hydrogen-bond donors (Lipinski definition) is 1. The van der Waals surface area contributed by atoms with Gasteiger partial charge < -0.3 is 14.6 Å². The summed E-state index contributed by atoms with van der Waals surface area (Å²) >= 11 is 3.34. The molecule has 86 valence electrons. The van der Waals surface area contributed by atoms with Crippen LogP contribution in [0.15, 0.2) is 16.6 Å². The molecular weight excluding hydrogens is 276 g/mol. The van der Waals surface area contributed by atoms with Crippen molar-refractivity contribution in [3.63, 3.8) is 0 Å². The lowest BCUT2D eigenvalue weighted by atomic mass is 10.0. The Morgan fingerprint density at radius 1 is 1.62 bits per heavy atom. The maximum atomic E-state index is 11.3. The summed E-state index contributed by atoms with van der Waals surface area (Å²) in [5, 5.41) is 9.80. The number of aliphatic hydroxyl groups is 1. The third-order valence-electron chi connectivity index (χ3n) is 2.50. The van der Waals surface area contributed by atoms with Gasteiger partial charge >= 0.3 is 5.97 Å². The number of fused-ring (bicyclic) bond motifs is 1. The summed E-state index contributed by atoms with van der Waals surface area (Å²) in [7, 11) is 1.24. The van der Waals surface area contributed by atoms with Gasteiger partial charge in [-0.2, -0.15) is 0 Å². The van der Waals surface area contributed by atoms with E-state index >= 15 is 0 Å². The molecule has 0 bridgehead atoms. The molecule has 0 aromatic heterocycles. The Morgan fingerprint density at radius 2 is 2.38 bits per heavy atom. The second-order valence-corrected chi connectivity index (χ2v) is 4.42. The highest BCUT2D eigenvalue weighted by atomic mass is 79.9. The molecule has 0 aliphatic carbocycles. The van der Waals surface area contributed by atoms with Crippen LogP contribution < -0.4 is 4.74 Å². The summed E-state index contributed by atoms with van der Waals surface area (Å²) in [6.07, 6.45) is -0.510. The second-order valence-electron chi connectivity index (χ2n) is 3.51. The van der Waals surface area contributed by atoms with Crippen LogP contribution in [0.3, 0.4) is 0 Å². The van der Waals surface area contributed by atoms with Crippen molar-refractivity contribution in [3.8, 4) is 5.75 Å². The largest absolute Gasteiger partial charge is 0.493 e. The highest BCUT2D eigenvalue weighted by Gasteiger charge is 2.26. The number of carbonyl (C=O) groups excluding carboxylic acids is 1. The Hall–Kier alpha value is -1.07. The van der Waals surface area contributed by atoms with Gasteiger partial charge in [0.15, 0.2) is 6.10 Å². The van der Waals surface area contributed by atoms with Crippen LogP contribution in [-0.2, 0) is 16.0 Å². The molecule has 1 atom stereocenters. The molecule has 0 amide bonds. The average molecular weight is 287 g/mol. The van der Waals surface area contributed by atoms with Crippen LogP contribution in [0.2, 0.25) is 0 Å². The third-order valence-corrected chi connectivity index (χ3v) is 2.95. The normalized spacial score (nSPS) is 15.2.